The molecule has 5 nitrogen and oxygen atoms in total. The fourth-order valence-corrected chi connectivity index (χ4v) is 1.35. The minimum absolute atomic E-state index is 0.375. The SMILES string of the molecule is COCCCCOC(=O)c1cc(N)cnc1C. The van der Waals surface area contributed by atoms with Gasteiger partial charge >= 0.3 is 5.97 Å². The lowest BCUT2D eigenvalue weighted by Crippen LogP contribution is -2.10. The monoisotopic (exact) mass is 238 g/mol. The summed E-state index contributed by atoms with van der Waals surface area (Å²) < 4.78 is 10.0. The van der Waals surface area contributed by atoms with Crippen LogP contribution in [0, 0.1) is 6.92 Å². The molecule has 0 radical (unpaired) electrons. The molecule has 0 saturated carbocycles. The van der Waals surface area contributed by atoms with E-state index in [1.165, 1.54) is 6.20 Å². The van der Waals surface area contributed by atoms with Crippen molar-refractivity contribution in [2.75, 3.05) is 26.1 Å². The van der Waals surface area contributed by atoms with E-state index in [0.717, 1.165) is 12.8 Å². The predicted molar refractivity (Wildman–Crippen MR) is 64.8 cm³/mol. The molecule has 94 valence electrons. The molecule has 0 aliphatic carbocycles. The Balaban J connectivity index is 2.44. The van der Waals surface area contributed by atoms with Gasteiger partial charge in [0.2, 0.25) is 0 Å². The Hall–Kier alpha value is -1.62. The summed E-state index contributed by atoms with van der Waals surface area (Å²) in [5.41, 5.74) is 7.09. The fourth-order valence-electron chi connectivity index (χ4n) is 1.35. The largest absolute Gasteiger partial charge is 0.462 e. The number of aromatic nitrogens is 1. The Bertz CT molecular complexity index is 380. The molecule has 0 atom stereocenters. The van der Waals surface area contributed by atoms with Gasteiger partial charge in [0.25, 0.3) is 0 Å². The number of esters is 1. The molecule has 17 heavy (non-hydrogen) atoms. The number of unbranched alkanes of at least 4 members (excludes halogenated alkanes) is 1. The number of hydrogen-bond donors (Lipinski definition) is 1. The van der Waals surface area contributed by atoms with Crippen LogP contribution in [-0.4, -0.2) is 31.3 Å². The standard InChI is InChI=1S/C12H18N2O3/c1-9-11(7-10(13)8-14-9)12(15)17-6-4-3-5-16-2/h7-8H,3-6,13H2,1-2H3. The molecule has 2 N–H and O–H groups in total. The van der Waals surface area contributed by atoms with E-state index in [-0.39, 0.29) is 5.97 Å². The second-order valence-corrected chi connectivity index (χ2v) is 3.74. The summed E-state index contributed by atoms with van der Waals surface area (Å²) in [6, 6.07) is 1.58. The molecule has 1 heterocycles. The van der Waals surface area contributed by atoms with Crippen molar-refractivity contribution in [3.05, 3.63) is 23.5 Å². The van der Waals surface area contributed by atoms with Crippen molar-refractivity contribution in [2.45, 2.75) is 19.8 Å². The number of anilines is 1. The third kappa shape index (κ3) is 4.40. The summed E-state index contributed by atoms with van der Waals surface area (Å²) in [5, 5.41) is 0. The Morgan fingerprint density at radius 3 is 2.82 bits per heavy atom. The summed E-state index contributed by atoms with van der Waals surface area (Å²) in [6.07, 6.45) is 3.18. The molecule has 0 bridgehead atoms. The van der Waals surface area contributed by atoms with Crippen LogP contribution in [0.5, 0.6) is 0 Å². The van der Waals surface area contributed by atoms with Gasteiger partial charge in [-0.05, 0) is 25.8 Å². The molecule has 0 aliphatic rings. The van der Waals surface area contributed by atoms with E-state index in [0.29, 0.717) is 30.2 Å². The van der Waals surface area contributed by atoms with Gasteiger partial charge in [-0.25, -0.2) is 4.79 Å². The van der Waals surface area contributed by atoms with E-state index in [4.69, 9.17) is 15.2 Å². The summed E-state index contributed by atoms with van der Waals surface area (Å²) in [5.74, 6) is -0.375. The molecule has 0 unspecified atom stereocenters. The van der Waals surface area contributed by atoms with Gasteiger partial charge in [0, 0.05) is 13.7 Å². The summed E-state index contributed by atoms with van der Waals surface area (Å²) in [6.45, 7) is 2.81. The van der Waals surface area contributed by atoms with Crippen molar-refractivity contribution in [1.82, 2.24) is 4.98 Å². The molecular weight excluding hydrogens is 220 g/mol. The molecule has 0 spiro atoms. The molecule has 5 heteroatoms. The smallest absolute Gasteiger partial charge is 0.340 e. The zero-order chi connectivity index (χ0) is 12.7. The highest BCUT2D eigenvalue weighted by atomic mass is 16.5. The minimum atomic E-state index is -0.375. The Labute approximate surface area is 101 Å². The van der Waals surface area contributed by atoms with E-state index < -0.39 is 0 Å². The molecule has 0 fully saturated rings. The summed E-state index contributed by atoms with van der Waals surface area (Å²) in [4.78, 5) is 15.7. The maximum absolute atomic E-state index is 11.7. The second-order valence-electron chi connectivity index (χ2n) is 3.74. The molecule has 0 amide bonds. The molecule has 1 aromatic rings. The third-order valence-corrected chi connectivity index (χ3v) is 2.30. The highest BCUT2D eigenvalue weighted by Crippen LogP contribution is 2.11. The zero-order valence-electron chi connectivity index (χ0n) is 10.2. The number of nitrogen functional groups attached to an aromatic ring is 1. The molecule has 1 rings (SSSR count). The maximum atomic E-state index is 11.7. The van der Waals surface area contributed by atoms with Crippen molar-refractivity contribution in [2.24, 2.45) is 0 Å². The van der Waals surface area contributed by atoms with Crippen molar-refractivity contribution < 1.29 is 14.3 Å². The number of methoxy groups -OCH3 is 1. The van der Waals surface area contributed by atoms with Gasteiger partial charge in [0.1, 0.15) is 0 Å². The lowest BCUT2D eigenvalue weighted by molar-refractivity contribution is 0.0488. The predicted octanol–water partition coefficient (Wildman–Crippen LogP) is 1.56. The topological polar surface area (TPSA) is 74.4 Å². The molecule has 0 aromatic carbocycles. The number of carbonyl (C=O) groups excluding carboxylic acids is 1. The van der Waals surface area contributed by atoms with E-state index in [2.05, 4.69) is 4.98 Å². The van der Waals surface area contributed by atoms with Crippen molar-refractivity contribution in [3.63, 3.8) is 0 Å². The normalized spacial score (nSPS) is 10.2. The highest BCUT2D eigenvalue weighted by Gasteiger charge is 2.11. The van der Waals surface area contributed by atoms with E-state index in [1.807, 2.05) is 0 Å². The quantitative estimate of drug-likeness (QED) is 0.601. The maximum Gasteiger partial charge on any atom is 0.340 e. The van der Waals surface area contributed by atoms with Crippen molar-refractivity contribution in [1.29, 1.82) is 0 Å². The number of ether oxygens (including phenoxy) is 2. The van der Waals surface area contributed by atoms with Crippen LogP contribution in [0.25, 0.3) is 0 Å². The first-order chi connectivity index (χ1) is 8.15. The van der Waals surface area contributed by atoms with Crippen LogP contribution >= 0.6 is 0 Å². The van der Waals surface area contributed by atoms with Crippen LogP contribution in [-0.2, 0) is 9.47 Å². The van der Waals surface area contributed by atoms with Gasteiger partial charge in [-0.1, -0.05) is 0 Å². The summed E-state index contributed by atoms with van der Waals surface area (Å²) >= 11 is 0. The van der Waals surface area contributed by atoms with Gasteiger partial charge in [0.05, 0.1) is 29.7 Å². The van der Waals surface area contributed by atoms with Crippen LogP contribution < -0.4 is 5.73 Å². The van der Waals surface area contributed by atoms with Gasteiger partial charge in [-0.2, -0.15) is 0 Å². The lowest BCUT2D eigenvalue weighted by atomic mass is 10.2. The average Bonchev–Trinajstić information content (AvgIpc) is 2.32. The second kappa shape index (κ2) is 6.85. The number of nitrogens with two attached hydrogens (primary N) is 1. The molecule has 1 aromatic heterocycles. The number of pyridine rings is 1. The molecule has 0 saturated heterocycles. The van der Waals surface area contributed by atoms with E-state index >= 15 is 0 Å². The summed E-state index contributed by atoms with van der Waals surface area (Å²) in [7, 11) is 1.65. The number of nitrogens with zero attached hydrogens (tertiary/aromatic N) is 1. The van der Waals surface area contributed by atoms with Gasteiger partial charge in [-0.3, -0.25) is 4.98 Å². The van der Waals surface area contributed by atoms with Crippen LogP contribution in [0.1, 0.15) is 28.9 Å². The van der Waals surface area contributed by atoms with Gasteiger partial charge in [0.15, 0.2) is 0 Å². The van der Waals surface area contributed by atoms with Crippen molar-refractivity contribution in [3.8, 4) is 0 Å². The van der Waals surface area contributed by atoms with Crippen LogP contribution in [0.15, 0.2) is 12.3 Å². The van der Waals surface area contributed by atoms with Gasteiger partial charge in [-0.15, -0.1) is 0 Å². The fraction of sp³-hybridized carbons (Fsp3) is 0.500. The number of rotatable bonds is 6. The highest BCUT2D eigenvalue weighted by molar-refractivity contribution is 5.91. The van der Waals surface area contributed by atoms with Crippen LogP contribution in [0.2, 0.25) is 0 Å². The average molecular weight is 238 g/mol. The zero-order valence-corrected chi connectivity index (χ0v) is 10.2. The first kappa shape index (κ1) is 13.4. The number of aryl methyl sites for hydroxylation is 1. The number of carbonyl (C=O) groups is 1. The Kier molecular flexibility index (Phi) is 5.42. The molecule has 0 aliphatic heterocycles. The first-order valence-corrected chi connectivity index (χ1v) is 5.53. The Morgan fingerprint density at radius 2 is 2.12 bits per heavy atom. The van der Waals surface area contributed by atoms with Crippen LogP contribution in [0.4, 0.5) is 5.69 Å². The lowest BCUT2D eigenvalue weighted by Gasteiger charge is -2.07. The van der Waals surface area contributed by atoms with E-state index in [1.54, 1.807) is 20.1 Å². The molecular formula is C12H18N2O3. The Morgan fingerprint density at radius 1 is 1.41 bits per heavy atom. The van der Waals surface area contributed by atoms with Crippen LogP contribution in [0.3, 0.4) is 0 Å². The van der Waals surface area contributed by atoms with E-state index in [9.17, 15) is 4.79 Å². The minimum Gasteiger partial charge on any atom is -0.462 e. The van der Waals surface area contributed by atoms with Crippen molar-refractivity contribution >= 4 is 11.7 Å². The number of hydrogen-bond acceptors (Lipinski definition) is 5. The third-order valence-electron chi connectivity index (χ3n) is 2.30. The first-order valence-electron chi connectivity index (χ1n) is 5.53. The van der Waals surface area contributed by atoms with Gasteiger partial charge < -0.3 is 15.2 Å².